The molecule has 4 nitrogen and oxygen atoms in total. The fraction of sp³-hybridized carbons (Fsp3) is 0.857. The highest BCUT2D eigenvalue weighted by molar-refractivity contribution is 5.84. The largest absolute Gasteiger partial charge is 0.481 e. The van der Waals surface area contributed by atoms with Crippen molar-refractivity contribution in [2.45, 2.75) is 64.9 Å². The van der Waals surface area contributed by atoms with Crippen LogP contribution in [-0.4, -0.2) is 23.1 Å². The number of ether oxygens (including phenoxy) is 1. The normalized spacial score (nSPS) is 27.2. The van der Waals surface area contributed by atoms with Crippen LogP contribution in [0.15, 0.2) is 0 Å². The number of cyclic esters (lactones) is 1. The summed E-state index contributed by atoms with van der Waals surface area (Å²) in [5.74, 6) is -2.44. The molecule has 0 radical (unpaired) electrons. The SMILES string of the molecule is CCCCCCCCC1OC(=O)[C@H](C)[C@H]1C(=O)O. The van der Waals surface area contributed by atoms with Gasteiger partial charge in [0.1, 0.15) is 12.0 Å². The average Bonchev–Trinajstić information content (AvgIpc) is 2.59. The lowest BCUT2D eigenvalue weighted by Gasteiger charge is -2.15. The molecule has 0 aromatic rings. The van der Waals surface area contributed by atoms with E-state index < -0.39 is 23.9 Å². The number of hydrogen-bond acceptors (Lipinski definition) is 3. The zero-order valence-corrected chi connectivity index (χ0v) is 11.4. The third kappa shape index (κ3) is 4.00. The zero-order chi connectivity index (χ0) is 13.5. The summed E-state index contributed by atoms with van der Waals surface area (Å²) in [6, 6.07) is 0. The highest BCUT2D eigenvalue weighted by Gasteiger charge is 2.45. The van der Waals surface area contributed by atoms with Crippen molar-refractivity contribution in [3.05, 3.63) is 0 Å². The van der Waals surface area contributed by atoms with E-state index in [1.807, 2.05) is 0 Å². The van der Waals surface area contributed by atoms with Gasteiger partial charge in [-0.25, -0.2) is 0 Å². The number of rotatable bonds is 8. The summed E-state index contributed by atoms with van der Waals surface area (Å²) < 4.78 is 5.16. The lowest BCUT2D eigenvalue weighted by Crippen LogP contribution is -2.27. The number of carbonyl (C=O) groups excluding carboxylic acids is 1. The zero-order valence-electron chi connectivity index (χ0n) is 11.4. The van der Waals surface area contributed by atoms with Gasteiger partial charge in [-0.05, 0) is 12.8 Å². The van der Waals surface area contributed by atoms with Gasteiger partial charge in [0.2, 0.25) is 0 Å². The minimum atomic E-state index is -0.913. The predicted molar refractivity (Wildman–Crippen MR) is 68.2 cm³/mol. The molecule has 1 rings (SSSR count). The molecule has 0 amide bonds. The highest BCUT2D eigenvalue weighted by Crippen LogP contribution is 2.31. The van der Waals surface area contributed by atoms with E-state index in [-0.39, 0.29) is 5.97 Å². The molecule has 1 saturated heterocycles. The molecule has 1 aliphatic rings. The summed E-state index contributed by atoms with van der Waals surface area (Å²) in [5, 5.41) is 9.11. The van der Waals surface area contributed by atoms with Crippen molar-refractivity contribution < 1.29 is 19.4 Å². The second-order valence-corrected chi connectivity index (χ2v) is 5.18. The van der Waals surface area contributed by atoms with Crippen LogP contribution in [-0.2, 0) is 14.3 Å². The molecule has 1 heterocycles. The Morgan fingerprint density at radius 2 is 1.83 bits per heavy atom. The van der Waals surface area contributed by atoms with Crippen LogP contribution in [0, 0.1) is 11.8 Å². The van der Waals surface area contributed by atoms with E-state index in [1.165, 1.54) is 25.7 Å². The van der Waals surface area contributed by atoms with Crippen molar-refractivity contribution in [1.82, 2.24) is 0 Å². The number of carboxylic acid groups (broad SMARTS) is 1. The van der Waals surface area contributed by atoms with Crippen molar-refractivity contribution in [3.8, 4) is 0 Å². The molecule has 0 bridgehead atoms. The minimum absolute atomic E-state index is 0.363. The molecule has 0 saturated carbocycles. The summed E-state index contributed by atoms with van der Waals surface area (Å²) in [6.07, 6.45) is 7.19. The molecule has 0 spiro atoms. The van der Waals surface area contributed by atoms with Gasteiger partial charge >= 0.3 is 11.9 Å². The standard InChI is InChI=1S/C14H24O4/c1-3-4-5-6-7-8-9-11-12(13(15)16)10(2)14(17)18-11/h10-12H,3-9H2,1-2H3,(H,15,16)/t10-,11?,12-/m1/s1. The van der Waals surface area contributed by atoms with Gasteiger partial charge in [0, 0.05) is 0 Å². The Bertz CT molecular complexity index is 288. The molecule has 18 heavy (non-hydrogen) atoms. The molecule has 3 atom stereocenters. The fourth-order valence-electron chi connectivity index (χ4n) is 2.54. The maximum Gasteiger partial charge on any atom is 0.311 e. The van der Waals surface area contributed by atoms with Crippen molar-refractivity contribution in [2.24, 2.45) is 11.8 Å². The Balaban J connectivity index is 2.28. The summed E-state index contributed by atoms with van der Waals surface area (Å²) in [5.41, 5.74) is 0. The smallest absolute Gasteiger partial charge is 0.311 e. The van der Waals surface area contributed by atoms with Crippen LogP contribution in [0.5, 0.6) is 0 Å². The molecular weight excluding hydrogens is 232 g/mol. The van der Waals surface area contributed by atoms with E-state index in [4.69, 9.17) is 9.84 Å². The lowest BCUT2D eigenvalue weighted by molar-refractivity contribution is -0.144. The van der Waals surface area contributed by atoms with E-state index in [0.29, 0.717) is 6.42 Å². The number of esters is 1. The Morgan fingerprint density at radius 1 is 1.22 bits per heavy atom. The lowest BCUT2D eigenvalue weighted by atomic mass is 9.89. The topological polar surface area (TPSA) is 63.6 Å². The maximum atomic E-state index is 11.4. The first-order valence-corrected chi connectivity index (χ1v) is 7.01. The molecule has 0 aromatic carbocycles. The van der Waals surface area contributed by atoms with Gasteiger partial charge in [-0.1, -0.05) is 46.0 Å². The predicted octanol–water partition coefficient (Wildman–Crippen LogP) is 3.00. The van der Waals surface area contributed by atoms with Crippen molar-refractivity contribution in [2.75, 3.05) is 0 Å². The quantitative estimate of drug-likeness (QED) is 0.535. The van der Waals surface area contributed by atoms with E-state index >= 15 is 0 Å². The maximum absolute atomic E-state index is 11.4. The highest BCUT2D eigenvalue weighted by atomic mass is 16.6. The molecule has 1 unspecified atom stereocenters. The summed E-state index contributed by atoms with van der Waals surface area (Å²) in [4.78, 5) is 22.5. The Hall–Kier alpha value is -1.06. The van der Waals surface area contributed by atoms with Crippen LogP contribution in [0.25, 0.3) is 0 Å². The first-order chi connectivity index (χ1) is 8.57. The van der Waals surface area contributed by atoms with Gasteiger partial charge in [-0.15, -0.1) is 0 Å². The average molecular weight is 256 g/mol. The fourth-order valence-corrected chi connectivity index (χ4v) is 2.54. The number of carboxylic acids is 1. The minimum Gasteiger partial charge on any atom is -0.481 e. The van der Waals surface area contributed by atoms with Gasteiger partial charge in [0.15, 0.2) is 0 Å². The van der Waals surface area contributed by atoms with Gasteiger partial charge in [0.05, 0.1) is 5.92 Å². The summed E-state index contributed by atoms with van der Waals surface area (Å²) in [7, 11) is 0. The molecule has 0 aliphatic carbocycles. The van der Waals surface area contributed by atoms with Crippen LogP contribution < -0.4 is 0 Å². The molecule has 0 aromatic heterocycles. The van der Waals surface area contributed by atoms with Gasteiger partial charge in [-0.2, -0.15) is 0 Å². The summed E-state index contributed by atoms with van der Waals surface area (Å²) in [6.45, 7) is 3.82. The number of unbranched alkanes of at least 4 members (excludes halogenated alkanes) is 5. The van der Waals surface area contributed by atoms with Crippen molar-refractivity contribution >= 4 is 11.9 Å². The molecule has 1 N–H and O–H groups in total. The Kier molecular flexibility index (Phi) is 6.16. The first-order valence-electron chi connectivity index (χ1n) is 7.01. The van der Waals surface area contributed by atoms with Gasteiger partial charge in [-0.3, -0.25) is 9.59 Å². The first kappa shape index (κ1) is 15.0. The number of carbonyl (C=O) groups is 2. The van der Waals surface area contributed by atoms with Crippen molar-refractivity contribution in [1.29, 1.82) is 0 Å². The summed E-state index contributed by atoms with van der Waals surface area (Å²) >= 11 is 0. The second kappa shape index (κ2) is 7.39. The van der Waals surface area contributed by atoms with Crippen LogP contribution in [0.2, 0.25) is 0 Å². The third-order valence-electron chi connectivity index (χ3n) is 3.71. The molecule has 4 heteroatoms. The Morgan fingerprint density at radius 3 is 2.44 bits per heavy atom. The number of aliphatic carboxylic acids is 1. The Labute approximate surface area is 109 Å². The van der Waals surface area contributed by atoms with Crippen LogP contribution >= 0.6 is 0 Å². The molecule has 104 valence electrons. The van der Waals surface area contributed by atoms with Gasteiger partial charge < -0.3 is 9.84 Å². The van der Waals surface area contributed by atoms with E-state index in [9.17, 15) is 9.59 Å². The molecule has 1 aliphatic heterocycles. The van der Waals surface area contributed by atoms with E-state index in [2.05, 4.69) is 6.92 Å². The molecule has 1 fully saturated rings. The van der Waals surface area contributed by atoms with Crippen LogP contribution in [0.3, 0.4) is 0 Å². The molecular formula is C14H24O4. The third-order valence-corrected chi connectivity index (χ3v) is 3.71. The monoisotopic (exact) mass is 256 g/mol. The van der Waals surface area contributed by atoms with Gasteiger partial charge in [0.25, 0.3) is 0 Å². The van der Waals surface area contributed by atoms with Crippen molar-refractivity contribution in [3.63, 3.8) is 0 Å². The van der Waals surface area contributed by atoms with E-state index in [1.54, 1.807) is 6.92 Å². The van der Waals surface area contributed by atoms with Crippen LogP contribution in [0.4, 0.5) is 0 Å². The van der Waals surface area contributed by atoms with Crippen LogP contribution in [0.1, 0.15) is 58.8 Å². The number of hydrogen-bond donors (Lipinski definition) is 1. The second-order valence-electron chi connectivity index (χ2n) is 5.18. The van der Waals surface area contributed by atoms with E-state index in [0.717, 1.165) is 12.8 Å².